The summed E-state index contributed by atoms with van der Waals surface area (Å²) < 4.78 is 11.0. The Hall–Kier alpha value is -2.00. The summed E-state index contributed by atoms with van der Waals surface area (Å²) in [4.78, 5) is 0. The van der Waals surface area contributed by atoms with Crippen molar-refractivity contribution in [2.45, 2.75) is 20.1 Å². The molecular weight excluding hydrogens is 240 g/mol. The molecule has 0 saturated heterocycles. The van der Waals surface area contributed by atoms with Gasteiger partial charge in [0.05, 0.1) is 13.7 Å². The highest BCUT2D eigenvalue weighted by atomic mass is 16.5. The summed E-state index contributed by atoms with van der Waals surface area (Å²) in [7, 11) is 1.59. The van der Waals surface area contributed by atoms with E-state index in [9.17, 15) is 0 Å². The minimum absolute atomic E-state index is 0.00536. The summed E-state index contributed by atoms with van der Waals surface area (Å²) in [5, 5.41) is 9.09. The standard InChI is InChI=1S/C16H18O3/c1-12-3-5-13(6-4-12)11-19-15-8-7-14(10-17)9-16(15)18-2/h3-9,17H,10-11H2,1-2H3. The Morgan fingerprint density at radius 1 is 0.947 bits per heavy atom. The molecular formula is C16H18O3. The van der Waals surface area contributed by atoms with E-state index in [4.69, 9.17) is 14.6 Å². The summed E-state index contributed by atoms with van der Waals surface area (Å²) in [6.45, 7) is 2.55. The lowest BCUT2D eigenvalue weighted by molar-refractivity contribution is 0.274. The van der Waals surface area contributed by atoms with E-state index in [0.717, 1.165) is 11.1 Å². The SMILES string of the molecule is COc1cc(CO)ccc1OCc1ccc(C)cc1. The van der Waals surface area contributed by atoms with E-state index >= 15 is 0 Å². The molecule has 0 heterocycles. The summed E-state index contributed by atoms with van der Waals surface area (Å²) in [6.07, 6.45) is 0. The van der Waals surface area contributed by atoms with Crippen LogP contribution in [0.5, 0.6) is 11.5 Å². The Morgan fingerprint density at radius 2 is 1.63 bits per heavy atom. The zero-order chi connectivity index (χ0) is 13.7. The van der Waals surface area contributed by atoms with Gasteiger partial charge in [0, 0.05) is 0 Å². The van der Waals surface area contributed by atoms with Gasteiger partial charge in [0.1, 0.15) is 6.61 Å². The summed E-state index contributed by atoms with van der Waals surface area (Å²) in [5.41, 5.74) is 3.15. The highest BCUT2D eigenvalue weighted by molar-refractivity contribution is 5.43. The first-order valence-electron chi connectivity index (χ1n) is 6.19. The third-order valence-electron chi connectivity index (χ3n) is 2.93. The van der Waals surface area contributed by atoms with Crippen LogP contribution in [0.15, 0.2) is 42.5 Å². The largest absolute Gasteiger partial charge is 0.493 e. The van der Waals surface area contributed by atoms with E-state index in [1.807, 2.05) is 24.3 Å². The lowest BCUT2D eigenvalue weighted by Gasteiger charge is -2.11. The fraction of sp³-hybridized carbons (Fsp3) is 0.250. The number of aliphatic hydroxyl groups excluding tert-OH is 1. The summed E-state index contributed by atoms with van der Waals surface area (Å²) >= 11 is 0. The average Bonchev–Trinajstić information content (AvgIpc) is 2.46. The van der Waals surface area contributed by atoms with Gasteiger partial charge in [-0.25, -0.2) is 0 Å². The number of hydrogen-bond donors (Lipinski definition) is 1. The number of benzene rings is 2. The number of rotatable bonds is 5. The van der Waals surface area contributed by atoms with Crippen molar-refractivity contribution in [2.24, 2.45) is 0 Å². The molecule has 100 valence electrons. The van der Waals surface area contributed by atoms with Crippen molar-refractivity contribution in [3.8, 4) is 11.5 Å². The van der Waals surface area contributed by atoms with E-state index in [1.165, 1.54) is 5.56 Å². The minimum atomic E-state index is -0.00536. The molecule has 0 aromatic heterocycles. The van der Waals surface area contributed by atoms with Gasteiger partial charge in [-0.15, -0.1) is 0 Å². The number of aryl methyl sites for hydroxylation is 1. The first-order valence-corrected chi connectivity index (χ1v) is 6.19. The molecule has 0 aliphatic rings. The molecule has 0 amide bonds. The Bertz CT molecular complexity index is 532. The second kappa shape index (κ2) is 6.25. The molecule has 0 radical (unpaired) electrons. The maximum Gasteiger partial charge on any atom is 0.161 e. The molecule has 0 atom stereocenters. The third kappa shape index (κ3) is 3.48. The van der Waals surface area contributed by atoms with Crippen LogP contribution in [0.25, 0.3) is 0 Å². The van der Waals surface area contributed by atoms with Crippen LogP contribution < -0.4 is 9.47 Å². The van der Waals surface area contributed by atoms with E-state index in [1.54, 1.807) is 13.2 Å². The van der Waals surface area contributed by atoms with Crippen molar-refractivity contribution >= 4 is 0 Å². The minimum Gasteiger partial charge on any atom is -0.493 e. The van der Waals surface area contributed by atoms with E-state index in [0.29, 0.717) is 18.1 Å². The van der Waals surface area contributed by atoms with Gasteiger partial charge in [-0.05, 0) is 30.2 Å². The van der Waals surface area contributed by atoms with Crippen molar-refractivity contribution in [1.82, 2.24) is 0 Å². The van der Waals surface area contributed by atoms with Crippen molar-refractivity contribution in [2.75, 3.05) is 7.11 Å². The van der Waals surface area contributed by atoms with E-state index in [-0.39, 0.29) is 6.61 Å². The van der Waals surface area contributed by atoms with E-state index < -0.39 is 0 Å². The summed E-state index contributed by atoms with van der Waals surface area (Å²) in [6, 6.07) is 13.6. The van der Waals surface area contributed by atoms with Gasteiger partial charge < -0.3 is 14.6 Å². The van der Waals surface area contributed by atoms with Gasteiger partial charge in [0.15, 0.2) is 11.5 Å². The smallest absolute Gasteiger partial charge is 0.161 e. The fourth-order valence-electron chi connectivity index (χ4n) is 1.77. The number of methoxy groups -OCH3 is 1. The van der Waals surface area contributed by atoms with Crippen LogP contribution in [0.1, 0.15) is 16.7 Å². The van der Waals surface area contributed by atoms with Crippen LogP contribution in [-0.2, 0) is 13.2 Å². The average molecular weight is 258 g/mol. The van der Waals surface area contributed by atoms with Crippen molar-refractivity contribution < 1.29 is 14.6 Å². The highest BCUT2D eigenvalue weighted by Gasteiger charge is 2.05. The van der Waals surface area contributed by atoms with Crippen LogP contribution >= 0.6 is 0 Å². The number of hydrogen-bond acceptors (Lipinski definition) is 3. The topological polar surface area (TPSA) is 38.7 Å². The molecule has 0 fully saturated rings. The number of ether oxygens (including phenoxy) is 2. The van der Waals surface area contributed by atoms with Gasteiger partial charge in [-0.3, -0.25) is 0 Å². The van der Waals surface area contributed by atoms with Crippen molar-refractivity contribution in [3.05, 3.63) is 59.2 Å². The first-order chi connectivity index (χ1) is 9.22. The molecule has 0 aliphatic carbocycles. The van der Waals surface area contributed by atoms with Crippen LogP contribution in [0.2, 0.25) is 0 Å². The van der Waals surface area contributed by atoms with E-state index in [2.05, 4.69) is 19.1 Å². The lowest BCUT2D eigenvalue weighted by Crippen LogP contribution is -1.98. The molecule has 3 nitrogen and oxygen atoms in total. The molecule has 2 rings (SSSR count). The molecule has 0 saturated carbocycles. The molecule has 3 heteroatoms. The Labute approximate surface area is 113 Å². The van der Waals surface area contributed by atoms with Gasteiger partial charge in [-0.2, -0.15) is 0 Å². The third-order valence-corrected chi connectivity index (χ3v) is 2.93. The van der Waals surface area contributed by atoms with Crippen molar-refractivity contribution in [3.63, 3.8) is 0 Å². The fourth-order valence-corrected chi connectivity index (χ4v) is 1.77. The van der Waals surface area contributed by atoms with Gasteiger partial charge >= 0.3 is 0 Å². The molecule has 1 N–H and O–H groups in total. The van der Waals surface area contributed by atoms with Crippen molar-refractivity contribution in [1.29, 1.82) is 0 Å². The van der Waals surface area contributed by atoms with Gasteiger partial charge in [-0.1, -0.05) is 35.9 Å². The quantitative estimate of drug-likeness (QED) is 0.895. The molecule has 0 spiro atoms. The summed E-state index contributed by atoms with van der Waals surface area (Å²) in [5.74, 6) is 1.32. The molecule has 2 aromatic carbocycles. The molecule has 19 heavy (non-hydrogen) atoms. The Balaban J connectivity index is 2.08. The van der Waals surface area contributed by atoms with Crippen LogP contribution in [0, 0.1) is 6.92 Å². The molecule has 0 aliphatic heterocycles. The van der Waals surface area contributed by atoms with Crippen LogP contribution in [0.3, 0.4) is 0 Å². The Morgan fingerprint density at radius 3 is 2.26 bits per heavy atom. The molecule has 0 unspecified atom stereocenters. The zero-order valence-corrected chi connectivity index (χ0v) is 11.2. The predicted octanol–water partition coefficient (Wildman–Crippen LogP) is 3.07. The second-order valence-electron chi connectivity index (χ2n) is 4.42. The maximum atomic E-state index is 9.09. The maximum absolute atomic E-state index is 9.09. The second-order valence-corrected chi connectivity index (χ2v) is 4.42. The zero-order valence-electron chi connectivity index (χ0n) is 11.2. The molecule has 2 aromatic rings. The highest BCUT2D eigenvalue weighted by Crippen LogP contribution is 2.28. The predicted molar refractivity (Wildman–Crippen MR) is 74.4 cm³/mol. The lowest BCUT2D eigenvalue weighted by atomic mass is 10.2. The van der Waals surface area contributed by atoms with Gasteiger partial charge in [0.25, 0.3) is 0 Å². The molecule has 0 bridgehead atoms. The number of aliphatic hydroxyl groups is 1. The normalized spacial score (nSPS) is 10.3. The van der Waals surface area contributed by atoms with Crippen LogP contribution in [-0.4, -0.2) is 12.2 Å². The first kappa shape index (κ1) is 13.4. The van der Waals surface area contributed by atoms with Gasteiger partial charge in [0.2, 0.25) is 0 Å². The monoisotopic (exact) mass is 258 g/mol. The Kier molecular flexibility index (Phi) is 4.42. The van der Waals surface area contributed by atoms with Crippen LogP contribution in [0.4, 0.5) is 0 Å².